The fourth-order valence-corrected chi connectivity index (χ4v) is 1.50. The minimum atomic E-state index is -0.319. The number of carbonyl (C=O) groups is 1. The van der Waals surface area contributed by atoms with E-state index in [9.17, 15) is 4.79 Å². The summed E-state index contributed by atoms with van der Waals surface area (Å²) in [4.78, 5) is 11.9. The summed E-state index contributed by atoms with van der Waals surface area (Å²) in [5.74, 6) is 5.93. The maximum atomic E-state index is 11.9. The molecule has 0 atom stereocenters. The van der Waals surface area contributed by atoms with Crippen molar-refractivity contribution in [1.82, 2.24) is 5.16 Å². The van der Waals surface area contributed by atoms with Gasteiger partial charge in [-0.25, -0.2) is 0 Å². The third kappa shape index (κ3) is 3.44. The van der Waals surface area contributed by atoms with Gasteiger partial charge in [-0.05, 0) is 25.1 Å². The molecule has 0 aliphatic rings. The second-order valence-electron chi connectivity index (χ2n) is 3.86. The Morgan fingerprint density at radius 3 is 3.00 bits per heavy atom. The van der Waals surface area contributed by atoms with Gasteiger partial charge in [-0.1, -0.05) is 23.1 Å². The molecule has 0 saturated carbocycles. The molecular formula is C14H13N3O2. The molecular weight excluding hydrogens is 242 g/mol. The fourth-order valence-electron chi connectivity index (χ4n) is 1.50. The van der Waals surface area contributed by atoms with Gasteiger partial charge in [0.25, 0.3) is 5.91 Å². The second-order valence-corrected chi connectivity index (χ2v) is 3.86. The van der Waals surface area contributed by atoms with Crippen molar-refractivity contribution in [1.29, 1.82) is 0 Å². The molecule has 5 nitrogen and oxygen atoms in total. The quantitative estimate of drug-likeness (QED) is 0.798. The van der Waals surface area contributed by atoms with Crippen molar-refractivity contribution in [2.75, 3.05) is 11.9 Å². The van der Waals surface area contributed by atoms with Crippen LogP contribution in [0.4, 0.5) is 5.69 Å². The molecule has 0 aliphatic heterocycles. The minimum absolute atomic E-state index is 0.246. The number of nitrogens with two attached hydrogens (primary N) is 1. The van der Waals surface area contributed by atoms with E-state index in [0.29, 0.717) is 18.0 Å². The molecule has 3 N–H and O–H groups in total. The Bertz CT molecular complexity index is 650. The molecule has 0 radical (unpaired) electrons. The van der Waals surface area contributed by atoms with Gasteiger partial charge in [0, 0.05) is 17.3 Å². The highest BCUT2D eigenvalue weighted by atomic mass is 16.5. The lowest BCUT2D eigenvalue weighted by molar-refractivity contribution is 0.101. The zero-order chi connectivity index (χ0) is 13.7. The van der Waals surface area contributed by atoms with E-state index in [1.165, 1.54) is 0 Å². The number of anilines is 1. The minimum Gasteiger partial charge on any atom is -0.361 e. The average molecular weight is 255 g/mol. The van der Waals surface area contributed by atoms with Crippen LogP contribution >= 0.6 is 0 Å². The van der Waals surface area contributed by atoms with Crippen LogP contribution in [0.2, 0.25) is 0 Å². The van der Waals surface area contributed by atoms with Crippen LogP contribution in [-0.2, 0) is 0 Å². The monoisotopic (exact) mass is 255 g/mol. The number of hydrogen-bond acceptors (Lipinski definition) is 4. The van der Waals surface area contributed by atoms with E-state index in [1.54, 1.807) is 25.1 Å². The van der Waals surface area contributed by atoms with Crippen molar-refractivity contribution in [3.8, 4) is 11.8 Å². The molecule has 0 fully saturated rings. The summed E-state index contributed by atoms with van der Waals surface area (Å²) in [7, 11) is 0. The lowest BCUT2D eigenvalue weighted by atomic mass is 10.2. The van der Waals surface area contributed by atoms with Crippen molar-refractivity contribution in [2.45, 2.75) is 6.92 Å². The molecule has 1 aromatic heterocycles. The van der Waals surface area contributed by atoms with Gasteiger partial charge in [-0.3, -0.25) is 4.79 Å². The third-order valence-corrected chi connectivity index (χ3v) is 2.32. The smallest absolute Gasteiger partial charge is 0.277 e. The van der Waals surface area contributed by atoms with Crippen molar-refractivity contribution in [3.63, 3.8) is 0 Å². The molecule has 0 spiro atoms. The molecule has 0 unspecified atom stereocenters. The molecule has 5 heteroatoms. The van der Waals surface area contributed by atoms with Crippen molar-refractivity contribution < 1.29 is 9.32 Å². The number of aromatic nitrogens is 1. The van der Waals surface area contributed by atoms with Crippen LogP contribution < -0.4 is 11.1 Å². The van der Waals surface area contributed by atoms with Gasteiger partial charge >= 0.3 is 0 Å². The van der Waals surface area contributed by atoms with Crippen LogP contribution in [0.1, 0.15) is 21.8 Å². The van der Waals surface area contributed by atoms with Crippen molar-refractivity contribution in [3.05, 3.63) is 47.3 Å². The molecule has 0 aliphatic carbocycles. The Hall–Kier alpha value is -2.58. The lowest BCUT2D eigenvalue weighted by Gasteiger charge is -2.02. The van der Waals surface area contributed by atoms with Gasteiger partial charge in [-0.15, -0.1) is 0 Å². The number of nitrogens with zero attached hydrogens (tertiary/aromatic N) is 1. The summed E-state index contributed by atoms with van der Waals surface area (Å²) in [6.07, 6.45) is 0. The molecule has 1 aromatic carbocycles. The van der Waals surface area contributed by atoms with Crippen molar-refractivity contribution in [2.24, 2.45) is 5.73 Å². The van der Waals surface area contributed by atoms with E-state index < -0.39 is 0 Å². The molecule has 1 heterocycles. The number of carbonyl (C=O) groups excluding carboxylic acids is 1. The van der Waals surface area contributed by atoms with E-state index >= 15 is 0 Å². The van der Waals surface area contributed by atoms with Gasteiger partial charge in [0.15, 0.2) is 5.69 Å². The summed E-state index contributed by atoms with van der Waals surface area (Å²) in [6.45, 7) is 2.03. The average Bonchev–Trinajstić information content (AvgIpc) is 2.83. The number of hydrogen-bond donors (Lipinski definition) is 2. The summed E-state index contributed by atoms with van der Waals surface area (Å²) >= 11 is 0. The van der Waals surface area contributed by atoms with Gasteiger partial charge < -0.3 is 15.6 Å². The van der Waals surface area contributed by atoms with E-state index in [-0.39, 0.29) is 11.6 Å². The first-order valence-electron chi connectivity index (χ1n) is 5.72. The SMILES string of the molecule is Cc1cc(C(=O)Nc2cccc(C#CCN)c2)no1. The lowest BCUT2D eigenvalue weighted by Crippen LogP contribution is -2.12. The first-order chi connectivity index (χ1) is 9.19. The van der Waals surface area contributed by atoms with Crippen LogP contribution in [0.3, 0.4) is 0 Å². The Balaban J connectivity index is 2.13. The largest absolute Gasteiger partial charge is 0.361 e. The number of rotatable bonds is 2. The normalized spacial score (nSPS) is 9.58. The van der Waals surface area contributed by atoms with Crippen LogP contribution in [0, 0.1) is 18.8 Å². The zero-order valence-electron chi connectivity index (χ0n) is 10.4. The van der Waals surface area contributed by atoms with Crippen LogP contribution in [0.25, 0.3) is 0 Å². The molecule has 96 valence electrons. The molecule has 2 aromatic rings. The van der Waals surface area contributed by atoms with Gasteiger partial charge in [0.1, 0.15) is 5.76 Å². The predicted molar refractivity (Wildman–Crippen MR) is 71.6 cm³/mol. The Morgan fingerprint density at radius 2 is 2.32 bits per heavy atom. The topological polar surface area (TPSA) is 81.2 Å². The molecule has 0 saturated heterocycles. The number of benzene rings is 1. The molecule has 2 rings (SSSR count). The summed E-state index contributed by atoms with van der Waals surface area (Å²) in [5.41, 5.74) is 7.00. The molecule has 19 heavy (non-hydrogen) atoms. The molecule has 0 bridgehead atoms. The van der Waals surface area contributed by atoms with Gasteiger partial charge in [0.05, 0.1) is 6.54 Å². The number of aryl methyl sites for hydroxylation is 1. The van der Waals surface area contributed by atoms with Gasteiger partial charge in [-0.2, -0.15) is 0 Å². The van der Waals surface area contributed by atoms with Crippen LogP contribution in [0.15, 0.2) is 34.9 Å². The fraction of sp³-hybridized carbons (Fsp3) is 0.143. The predicted octanol–water partition coefficient (Wildman–Crippen LogP) is 1.55. The standard InChI is InChI=1S/C14H13N3O2/c1-10-8-13(17-19-10)14(18)16-12-6-2-4-11(9-12)5-3-7-15/h2,4,6,8-9H,7,15H2,1H3,(H,16,18). The summed E-state index contributed by atoms with van der Waals surface area (Å²) < 4.78 is 4.85. The highest BCUT2D eigenvalue weighted by Crippen LogP contribution is 2.11. The number of nitrogens with one attached hydrogen (secondary N) is 1. The van der Waals surface area contributed by atoms with E-state index in [1.807, 2.05) is 12.1 Å². The Morgan fingerprint density at radius 1 is 1.47 bits per heavy atom. The third-order valence-electron chi connectivity index (χ3n) is 2.32. The maximum Gasteiger partial charge on any atom is 0.277 e. The Kier molecular flexibility index (Phi) is 3.96. The van der Waals surface area contributed by atoms with E-state index in [0.717, 1.165) is 5.56 Å². The molecule has 1 amide bonds. The first-order valence-corrected chi connectivity index (χ1v) is 5.72. The van der Waals surface area contributed by atoms with Crippen molar-refractivity contribution >= 4 is 11.6 Å². The Labute approximate surface area is 110 Å². The summed E-state index contributed by atoms with van der Waals surface area (Å²) in [5, 5.41) is 6.38. The first kappa shape index (κ1) is 12.9. The maximum absolute atomic E-state index is 11.9. The zero-order valence-corrected chi connectivity index (χ0v) is 10.4. The highest BCUT2D eigenvalue weighted by Gasteiger charge is 2.10. The van der Waals surface area contributed by atoms with E-state index in [2.05, 4.69) is 22.3 Å². The highest BCUT2D eigenvalue weighted by molar-refractivity contribution is 6.02. The van der Waals surface area contributed by atoms with Crippen LogP contribution in [-0.4, -0.2) is 17.6 Å². The number of amides is 1. The summed E-state index contributed by atoms with van der Waals surface area (Å²) in [6, 6.07) is 8.78. The van der Waals surface area contributed by atoms with E-state index in [4.69, 9.17) is 10.3 Å². The van der Waals surface area contributed by atoms with Gasteiger partial charge in [0.2, 0.25) is 0 Å². The second kappa shape index (κ2) is 5.85. The van der Waals surface area contributed by atoms with Crippen LogP contribution in [0.5, 0.6) is 0 Å².